The van der Waals surface area contributed by atoms with Crippen LogP contribution in [-0.4, -0.2) is 22.9 Å². The third-order valence-corrected chi connectivity index (χ3v) is 3.90. The van der Waals surface area contributed by atoms with Gasteiger partial charge in [-0.05, 0) is 19.5 Å². The van der Waals surface area contributed by atoms with Crippen molar-refractivity contribution in [2.45, 2.75) is 32.4 Å². The highest BCUT2D eigenvalue weighted by atomic mass is 16.5. The molecule has 20 heavy (non-hydrogen) atoms. The summed E-state index contributed by atoms with van der Waals surface area (Å²) in [4.78, 5) is 0. The van der Waals surface area contributed by atoms with Gasteiger partial charge in [-0.2, -0.15) is 5.10 Å². The van der Waals surface area contributed by atoms with Crippen molar-refractivity contribution in [2.24, 2.45) is 0 Å². The quantitative estimate of drug-likeness (QED) is 0.909. The van der Waals surface area contributed by atoms with Gasteiger partial charge in [0.15, 0.2) is 0 Å². The first-order valence-electron chi connectivity index (χ1n) is 7.31. The van der Waals surface area contributed by atoms with Gasteiger partial charge in [0.25, 0.3) is 0 Å². The molecular formula is C16H21N3O. The number of aryl methyl sites for hydroxylation is 1. The predicted octanol–water partition coefficient (Wildman–Crippen LogP) is 2.73. The Hall–Kier alpha value is -1.81. The number of aromatic nitrogens is 2. The highest BCUT2D eigenvalue weighted by Gasteiger charge is 2.32. The molecule has 0 fully saturated rings. The van der Waals surface area contributed by atoms with Gasteiger partial charge in [-0.3, -0.25) is 4.68 Å². The first-order chi connectivity index (χ1) is 9.83. The van der Waals surface area contributed by atoms with Crippen LogP contribution < -0.4 is 10.1 Å². The molecule has 4 nitrogen and oxygen atoms in total. The van der Waals surface area contributed by atoms with Crippen LogP contribution in [0.1, 0.15) is 36.9 Å². The lowest BCUT2D eigenvalue weighted by molar-refractivity contribution is 0.301. The summed E-state index contributed by atoms with van der Waals surface area (Å²) < 4.78 is 7.80. The van der Waals surface area contributed by atoms with Crippen LogP contribution in [0.5, 0.6) is 5.75 Å². The molecule has 2 heterocycles. The minimum Gasteiger partial charge on any atom is -0.493 e. The molecule has 1 aromatic carbocycles. The van der Waals surface area contributed by atoms with Gasteiger partial charge in [0.2, 0.25) is 0 Å². The molecule has 0 aliphatic carbocycles. The Morgan fingerprint density at radius 2 is 2.25 bits per heavy atom. The number of hydrogen-bond acceptors (Lipinski definition) is 3. The van der Waals surface area contributed by atoms with Gasteiger partial charge in [0.05, 0.1) is 12.8 Å². The molecular weight excluding hydrogens is 250 g/mol. The molecule has 1 aliphatic rings. The Balaban J connectivity index is 1.92. The van der Waals surface area contributed by atoms with E-state index in [0.29, 0.717) is 5.92 Å². The zero-order valence-electron chi connectivity index (χ0n) is 12.0. The summed E-state index contributed by atoms with van der Waals surface area (Å²) in [5.74, 6) is 1.36. The number of para-hydroxylation sites is 1. The summed E-state index contributed by atoms with van der Waals surface area (Å²) in [5.41, 5.74) is 2.53. The highest BCUT2D eigenvalue weighted by Crippen LogP contribution is 2.40. The minimum absolute atomic E-state index is 0.254. The summed E-state index contributed by atoms with van der Waals surface area (Å²) >= 11 is 0. The van der Waals surface area contributed by atoms with Gasteiger partial charge in [0.1, 0.15) is 5.75 Å². The Labute approximate surface area is 119 Å². The molecule has 2 unspecified atom stereocenters. The van der Waals surface area contributed by atoms with Crippen LogP contribution >= 0.6 is 0 Å². The molecule has 2 aromatic rings. The largest absolute Gasteiger partial charge is 0.493 e. The zero-order valence-corrected chi connectivity index (χ0v) is 12.0. The molecule has 1 aliphatic heterocycles. The van der Waals surface area contributed by atoms with E-state index < -0.39 is 0 Å². The maximum Gasteiger partial charge on any atom is 0.122 e. The molecule has 4 heteroatoms. The molecule has 3 rings (SSSR count). The molecule has 1 aromatic heterocycles. The number of hydrogen-bond donors (Lipinski definition) is 1. The number of fused-ring (bicyclic) bond motifs is 1. The Morgan fingerprint density at radius 3 is 3.00 bits per heavy atom. The summed E-state index contributed by atoms with van der Waals surface area (Å²) in [7, 11) is 0. The second kappa shape index (κ2) is 5.67. The van der Waals surface area contributed by atoms with Crippen molar-refractivity contribution in [3.8, 4) is 5.75 Å². The fourth-order valence-electron chi connectivity index (χ4n) is 2.89. The van der Waals surface area contributed by atoms with Crippen molar-refractivity contribution < 1.29 is 4.74 Å². The molecule has 0 spiro atoms. The number of rotatable bonds is 5. The van der Waals surface area contributed by atoms with Crippen LogP contribution in [0.15, 0.2) is 36.7 Å². The highest BCUT2D eigenvalue weighted by molar-refractivity contribution is 5.41. The molecule has 2 atom stereocenters. The minimum atomic E-state index is 0.254. The summed E-state index contributed by atoms with van der Waals surface area (Å²) in [6, 6.07) is 8.58. The van der Waals surface area contributed by atoms with E-state index in [1.165, 1.54) is 11.1 Å². The molecule has 0 radical (unpaired) electrons. The van der Waals surface area contributed by atoms with Crippen LogP contribution in [0.3, 0.4) is 0 Å². The van der Waals surface area contributed by atoms with Gasteiger partial charge in [-0.25, -0.2) is 0 Å². The van der Waals surface area contributed by atoms with Crippen LogP contribution in [0, 0.1) is 0 Å². The van der Waals surface area contributed by atoms with E-state index in [2.05, 4.69) is 42.6 Å². The first kappa shape index (κ1) is 13.2. The maximum absolute atomic E-state index is 5.83. The number of likely N-dealkylation sites (N-methyl/N-ethyl adjacent to an activating group) is 1. The van der Waals surface area contributed by atoms with E-state index in [0.717, 1.165) is 25.4 Å². The Bertz CT molecular complexity index is 579. The smallest absolute Gasteiger partial charge is 0.122 e. The molecule has 0 saturated heterocycles. The predicted molar refractivity (Wildman–Crippen MR) is 79.0 cm³/mol. The van der Waals surface area contributed by atoms with Crippen molar-refractivity contribution in [1.29, 1.82) is 0 Å². The summed E-state index contributed by atoms with van der Waals surface area (Å²) in [5, 5.41) is 7.99. The zero-order chi connectivity index (χ0) is 13.9. The Kier molecular flexibility index (Phi) is 3.74. The molecule has 0 amide bonds. The van der Waals surface area contributed by atoms with Crippen molar-refractivity contribution in [1.82, 2.24) is 15.1 Å². The average molecular weight is 271 g/mol. The molecule has 1 N–H and O–H groups in total. The van der Waals surface area contributed by atoms with E-state index in [4.69, 9.17) is 4.74 Å². The number of benzene rings is 1. The summed E-state index contributed by atoms with van der Waals surface area (Å²) in [6.07, 6.45) is 4.10. The second-order valence-electron chi connectivity index (χ2n) is 5.12. The number of nitrogens with zero attached hydrogens (tertiary/aromatic N) is 2. The van der Waals surface area contributed by atoms with Crippen molar-refractivity contribution >= 4 is 0 Å². The van der Waals surface area contributed by atoms with E-state index in [9.17, 15) is 0 Å². The van der Waals surface area contributed by atoms with E-state index in [1.807, 2.05) is 23.0 Å². The summed E-state index contributed by atoms with van der Waals surface area (Å²) in [6.45, 7) is 6.80. The van der Waals surface area contributed by atoms with Crippen molar-refractivity contribution in [3.05, 3.63) is 47.8 Å². The molecule has 0 saturated carbocycles. The lowest BCUT2D eigenvalue weighted by Gasteiger charge is -2.22. The topological polar surface area (TPSA) is 39.1 Å². The van der Waals surface area contributed by atoms with Crippen molar-refractivity contribution in [3.63, 3.8) is 0 Å². The van der Waals surface area contributed by atoms with Crippen LogP contribution in [0.2, 0.25) is 0 Å². The van der Waals surface area contributed by atoms with Crippen LogP contribution in [0.25, 0.3) is 0 Å². The fourth-order valence-corrected chi connectivity index (χ4v) is 2.89. The number of nitrogens with one attached hydrogen (secondary N) is 1. The third-order valence-electron chi connectivity index (χ3n) is 3.90. The number of ether oxygens (including phenoxy) is 1. The Morgan fingerprint density at radius 1 is 1.40 bits per heavy atom. The SMILES string of the molecule is CCNC(c1cnn(CC)c1)C1COc2ccccc21. The lowest BCUT2D eigenvalue weighted by atomic mass is 9.90. The molecule has 106 valence electrons. The van der Waals surface area contributed by atoms with Crippen molar-refractivity contribution in [2.75, 3.05) is 13.2 Å². The van der Waals surface area contributed by atoms with Gasteiger partial charge >= 0.3 is 0 Å². The van der Waals surface area contributed by atoms with E-state index >= 15 is 0 Å². The maximum atomic E-state index is 5.83. The van der Waals surface area contributed by atoms with Gasteiger partial charge in [-0.1, -0.05) is 25.1 Å². The van der Waals surface area contributed by atoms with E-state index in [-0.39, 0.29) is 6.04 Å². The second-order valence-corrected chi connectivity index (χ2v) is 5.12. The fraction of sp³-hybridized carbons (Fsp3) is 0.438. The lowest BCUT2D eigenvalue weighted by Crippen LogP contribution is -2.27. The average Bonchev–Trinajstić information content (AvgIpc) is 3.12. The first-order valence-corrected chi connectivity index (χ1v) is 7.31. The molecule has 0 bridgehead atoms. The van der Waals surface area contributed by atoms with Gasteiger partial charge < -0.3 is 10.1 Å². The van der Waals surface area contributed by atoms with Crippen LogP contribution in [0.4, 0.5) is 0 Å². The monoisotopic (exact) mass is 271 g/mol. The standard InChI is InChI=1S/C16H21N3O/c1-3-17-16(12-9-18-19(4-2)10-12)14-11-20-15-8-6-5-7-13(14)15/h5-10,14,16-17H,3-4,11H2,1-2H3. The van der Waals surface area contributed by atoms with Crippen LogP contribution in [-0.2, 0) is 6.54 Å². The third kappa shape index (κ3) is 2.31. The van der Waals surface area contributed by atoms with Gasteiger partial charge in [-0.15, -0.1) is 0 Å². The van der Waals surface area contributed by atoms with Gasteiger partial charge in [0, 0.05) is 35.8 Å². The normalized spacial score (nSPS) is 18.6. The van der Waals surface area contributed by atoms with E-state index in [1.54, 1.807) is 0 Å².